The van der Waals surface area contributed by atoms with E-state index in [4.69, 9.17) is 11.6 Å². The third-order valence-corrected chi connectivity index (χ3v) is 6.17. The molecule has 80 valence electrons. The highest BCUT2D eigenvalue weighted by atomic mass is 79.9. The van der Waals surface area contributed by atoms with Crippen molar-refractivity contribution < 1.29 is 0 Å². The largest absolute Gasteiger partial charge is 0.147 e. The van der Waals surface area contributed by atoms with Gasteiger partial charge in [0.2, 0.25) is 0 Å². The van der Waals surface area contributed by atoms with E-state index in [0.717, 1.165) is 0 Å². The van der Waals surface area contributed by atoms with Crippen LogP contribution in [0, 0.1) is 13.8 Å². The zero-order valence-corrected chi connectivity index (χ0v) is 12.4. The molecule has 0 aliphatic carbocycles. The van der Waals surface area contributed by atoms with Gasteiger partial charge in [0.15, 0.2) is 0 Å². The van der Waals surface area contributed by atoms with Crippen molar-refractivity contribution in [3.8, 4) is 0 Å². The molecule has 15 heavy (non-hydrogen) atoms. The fourth-order valence-corrected chi connectivity index (χ4v) is 4.28. The summed E-state index contributed by atoms with van der Waals surface area (Å²) >= 11 is 13.4. The van der Waals surface area contributed by atoms with Crippen molar-refractivity contribution in [2.24, 2.45) is 0 Å². The highest BCUT2D eigenvalue weighted by Crippen LogP contribution is 2.39. The molecule has 2 rings (SSSR count). The molecular weight excluding hydrogens is 312 g/mol. The summed E-state index contributed by atoms with van der Waals surface area (Å²) in [6.07, 6.45) is 0. The van der Waals surface area contributed by atoms with Crippen molar-refractivity contribution in [2.45, 2.75) is 19.2 Å². The van der Waals surface area contributed by atoms with Gasteiger partial charge in [0.05, 0.1) is 3.79 Å². The molecule has 0 nitrogen and oxygen atoms in total. The van der Waals surface area contributed by atoms with Gasteiger partial charge in [-0.15, -0.1) is 34.3 Å². The molecule has 0 aromatic carbocycles. The molecule has 0 bridgehead atoms. The molecule has 2 aromatic heterocycles. The molecule has 0 aliphatic heterocycles. The van der Waals surface area contributed by atoms with Crippen molar-refractivity contribution >= 4 is 50.2 Å². The van der Waals surface area contributed by atoms with E-state index in [0.29, 0.717) is 0 Å². The monoisotopic (exact) mass is 320 g/mol. The Kier molecular flexibility index (Phi) is 3.56. The summed E-state index contributed by atoms with van der Waals surface area (Å²) in [4.78, 5) is 2.44. The fraction of sp³-hybridized carbons (Fsp3) is 0.273. The van der Waals surface area contributed by atoms with Crippen LogP contribution in [0.3, 0.4) is 0 Å². The third kappa shape index (κ3) is 2.47. The molecule has 0 N–H and O–H groups in total. The Bertz CT molecular complexity index is 453. The number of halogens is 2. The number of hydrogen-bond donors (Lipinski definition) is 0. The van der Waals surface area contributed by atoms with Crippen molar-refractivity contribution in [1.82, 2.24) is 0 Å². The second-order valence-corrected chi connectivity index (χ2v) is 7.28. The molecular formula is C11H10BrClS2. The first-order chi connectivity index (χ1) is 7.08. The fourth-order valence-electron chi connectivity index (χ4n) is 1.33. The summed E-state index contributed by atoms with van der Waals surface area (Å²) in [5.41, 5.74) is 2.54. The maximum Gasteiger partial charge on any atom is 0.102 e. The van der Waals surface area contributed by atoms with Crippen LogP contribution in [0.2, 0.25) is 0 Å². The first-order valence-electron chi connectivity index (χ1n) is 4.53. The van der Waals surface area contributed by atoms with Crippen LogP contribution in [0.1, 0.15) is 26.3 Å². The second kappa shape index (κ2) is 4.58. The molecule has 0 saturated heterocycles. The van der Waals surface area contributed by atoms with Crippen molar-refractivity contribution in [3.05, 3.63) is 42.2 Å². The normalized spacial score (nSPS) is 13.1. The second-order valence-electron chi connectivity index (χ2n) is 3.49. The summed E-state index contributed by atoms with van der Waals surface area (Å²) in [5, 5.41) is 2.14. The van der Waals surface area contributed by atoms with Gasteiger partial charge in [-0.1, -0.05) is 0 Å². The van der Waals surface area contributed by atoms with Gasteiger partial charge in [-0.2, -0.15) is 0 Å². The Morgan fingerprint density at radius 2 is 2.00 bits per heavy atom. The standard InChI is InChI=1S/C11H10BrClS2/c1-6-3-8(14-5-6)10(13)9-4-7(2)11(12)15-9/h3-5,10H,1-2H3. The van der Waals surface area contributed by atoms with Crippen LogP contribution >= 0.6 is 50.2 Å². The minimum atomic E-state index is -0.00120. The van der Waals surface area contributed by atoms with E-state index in [-0.39, 0.29) is 5.38 Å². The summed E-state index contributed by atoms with van der Waals surface area (Å²) in [6, 6.07) is 4.31. The van der Waals surface area contributed by atoms with Gasteiger partial charge < -0.3 is 0 Å². The lowest BCUT2D eigenvalue weighted by Crippen LogP contribution is -1.84. The minimum absolute atomic E-state index is 0.00120. The average Bonchev–Trinajstić information content (AvgIpc) is 2.74. The quantitative estimate of drug-likeness (QED) is 0.639. The third-order valence-electron chi connectivity index (χ3n) is 2.13. The lowest BCUT2D eigenvalue weighted by Gasteiger charge is -2.02. The van der Waals surface area contributed by atoms with E-state index in [1.165, 1.54) is 24.7 Å². The number of hydrogen-bond acceptors (Lipinski definition) is 2. The molecule has 2 heterocycles. The number of rotatable bonds is 2. The molecule has 1 unspecified atom stereocenters. The van der Waals surface area contributed by atoms with E-state index in [9.17, 15) is 0 Å². The van der Waals surface area contributed by atoms with Gasteiger partial charge in [0.25, 0.3) is 0 Å². The molecule has 0 fully saturated rings. The maximum absolute atomic E-state index is 6.43. The SMILES string of the molecule is Cc1csc(C(Cl)c2cc(C)c(Br)s2)c1. The van der Waals surface area contributed by atoms with E-state index in [2.05, 4.69) is 47.3 Å². The smallest absolute Gasteiger partial charge is 0.102 e. The van der Waals surface area contributed by atoms with Crippen molar-refractivity contribution in [3.63, 3.8) is 0 Å². The molecule has 4 heteroatoms. The Morgan fingerprint density at radius 1 is 1.27 bits per heavy atom. The van der Waals surface area contributed by atoms with Crippen LogP contribution in [0.25, 0.3) is 0 Å². The number of aryl methyl sites for hydroxylation is 2. The van der Waals surface area contributed by atoms with Crippen LogP contribution < -0.4 is 0 Å². The first-order valence-corrected chi connectivity index (χ1v) is 7.45. The molecule has 0 aliphatic rings. The van der Waals surface area contributed by atoms with Gasteiger partial charge in [0, 0.05) is 9.75 Å². The van der Waals surface area contributed by atoms with Crippen molar-refractivity contribution in [2.75, 3.05) is 0 Å². The van der Waals surface area contributed by atoms with E-state index >= 15 is 0 Å². The Morgan fingerprint density at radius 3 is 2.47 bits per heavy atom. The maximum atomic E-state index is 6.43. The topological polar surface area (TPSA) is 0 Å². The van der Waals surface area contributed by atoms with E-state index < -0.39 is 0 Å². The number of thiophene rings is 2. The summed E-state index contributed by atoms with van der Waals surface area (Å²) in [7, 11) is 0. The molecule has 0 amide bonds. The summed E-state index contributed by atoms with van der Waals surface area (Å²) in [6.45, 7) is 4.19. The molecule has 0 radical (unpaired) electrons. The Balaban J connectivity index is 2.31. The highest BCUT2D eigenvalue weighted by molar-refractivity contribution is 9.11. The summed E-state index contributed by atoms with van der Waals surface area (Å²) < 4.78 is 1.18. The van der Waals surface area contributed by atoms with Crippen LogP contribution in [0.5, 0.6) is 0 Å². The molecule has 1 atom stereocenters. The highest BCUT2D eigenvalue weighted by Gasteiger charge is 2.16. The molecule has 2 aromatic rings. The van der Waals surface area contributed by atoms with E-state index in [1.54, 1.807) is 22.7 Å². The van der Waals surface area contributed by atoms with Gasteiger partial charge in [0.1, 0.15) is 5.38 Å². The zero-order chi connectivity index (χ0) is 11.0. The lowest BCUT2D eigenvalue weighted by atomic mass is 10.2. The molecule has 0 spiro atoms. The predicted octanol–water partition coefficient (Wildman–Crippen LogP) is 5.52. The van der Waals surface area contributed by atoms with E-state index in [1.807, 2.05) is 0 Å². The first kappa shape index (κ1) is 11.6. The minimum Gasteiger partial charge on any atom is -0.147 e. The van der Waals surface area contributed by atoms with Crippen LogP contribution in [0.15, 0.2) is 21.3 Å². The van der Waals surface area contributed by atoms with Gasteiger partial charge in [-0.3, -0.25) is 0 Å². The zero-order valence-electron chi connectivity index (χ0n) is 8.38. The van der Waals surface area contributed by atoms with Gasteiger partial charge in [-0.25, -0.2) is 0 Å². The molecule has 0 saturated carbocycles. The van der Waals surface area contributed by atoms with Crippen LogP contribution in [0.4, 0.5) is 0 Å². The van der Waals surface area contributed by atoms with Crippen molar-refractivity contribution in [1.29, 1.82) is 0 Å². The lowest BCUT2D eigenvalue weighted by molar-refractivity contribution is 1.23. The average molecular weight is 322 g/mol. The van der Waals surface area contributed by atoms with Crippen LogP contribution in [-0.2, 0) is 0 Å². The Labute approximate surface area is 111 Å². The number of alkyl halides is 1. The Hall–Kier alpha value is 0.170. The summed E-state index contributed by atoms with van der Waals surface area (Å²) in [5.74, 6) is 0. The van der Waals surface area contributed by atoms with Gasteiger partial charge in [-0.05, 0) is 58.4 Å². The predicted molar refractivity (Wildman–Crippen MR) is 73.5 cm³/mol. The van der Waals surface area contributed by atoms with Gasteiger partial charge >= 0.3 is 0 Å². The van der Waals surface area contributed by atoms with Crippen LogP contribution in [-0.4, -0.2) is 0 Å².